The maximum Gasteiger partial charge on any atom is 0.245 e. The van der Waals surface area contributed by atoms with Crippen molar-refractivity contribution in [2.45, 2.75) is 52.3 Å². The first-order chi connectivity index (χ1) is 17.0. The monoisotopic (exact) mass is 516 g/mol. The van der Waals surface area contributed by atoms with E-state index in [0.29, 0.717) is 13.2 Å². The molecule has 10 heteroatoms. The largest absolute Gasteiger partial charge is 0.391 e. The van der Waals surface area contributed by atoms with Gasteiger partial charge in [-0.25, -0.2) is 4.98 Å². The number of aryl methyl sites for hydroxylation is 1. The Morgan fingerprint density at radius 1 is 1.42 bits per heavy atom. The zero-order valence-corrected chi connectivity index (χ0v) is 22.4. The molecule has 3 amide bonds. The fourth-order valence-corrected chi connectivity index (χ4v) is 5.06. The van der Waals surface area contributed by atoms with Crippen LogP contribution >= 0.6 is 11.3 Å². The van der Waals surface area contributed by atoms with E-state index in [2.05, 4.69) is 16.9 Å². The highest BCUT2D eigenvalue weighted by Gasteiger charge is 2.46. The van der Waals surface area contributed by atoms with Crippen molar-refractivity contribution in [1.82, 2.24) is 20.1 Å². The first-order valence-corrected chi connectivity index (χ1v) is 12.9. The first-order valence-electron chi connectivity index (χ1n) is 12.0. The minimum Gasteiger partial charge on any atom is -0.391 e. The summed E-state index contributed by atoms with van der Waals surface area (Å²) in [5.74, 6) is -0.881. The molecule has 2 saturated heterocycles. The topological polar surface area (TPSA) is 112 Å². The summed E-state index contributed by atoms with van der Waals surface area (Å²) in [4.78, 5) is 47.2. The van der Waals surface area contributed by atoms with Crippen LogP contribution in [0, 0.1) is 12.3 Å². The van der Waals surface area contributed by atoms with E-state index >= 15 is 0 Å². The predicted molar refractivity (Wildman–Crippen MR) is 139 cm³/mol. The number of hydrogen-bond acceptors (Lipinski definition) is 7. The van der Waals surface area contributed by atoms with Gasteiger partial charge in [-0.2, -0.15) is 0 Å². The van der Waals surface area contributed by atoms with Crippen LogP contribution < -0.4 is 5.32 Å². The highest BCUT2D eigenvalue weighted by Crippen LogP contribution is 2.30. The van der Waals surface area contributed by atoms with Crippen LogP contribution in [-0.4, -0.2) is 89.2 Å². The van der Waals surface area contributed by atoms with Crippen molar-refractivity contribution in [2.24, 2.45) is 5.41 Å². The van der Waals surface area contributed by atoms with E-state index in [1.807, 2.05) is 39.0 Å². The van der Waals surface area contributed by atoms with Crippen molar-refractivity contribution < 1.29 is 24.2 Å². The summed E-state index contributed by atoms with van der Waals surface area (Å²) >= 11 is 1.52. The first kappa shape index (κ1) is 27.8. The second-order valence-corrected chi connectivity index (χ2v) is 10.6. The molecule has 0 aromatic carbocycles. The molecule has 2 N–H and O–H groups in total. The van der Waals surface area contributed by atoms with Gasteiger partial charge in [0.15, 0.2) is 0 Å². The minimum absolute atomic E-state index is 0.0497. The Kier molecular flexibility index (Phi) is 8.86. The second-order valence-electron chi connectivity index (χ2n) is 9.75. The lowest BCUT2D eigenvalue weighted by atomic mass is 9.86. The number of hydrogen-bond donors (Lipinski definition) is 2. The fourth-order valence-electron chi connectivity index (χ4n) is 4.30. The van der Waals surface area contributed by atoms with Gasteiger partial charge in [-0.3, -0.25) is 14.4 Å². The van der Waals surface area contributed by atoms with Gasteiger partial charge in [-0.05, 0) is 38.8 Å². The highest BCUT2D eigenvalue weighted by atomic mass is 32.1. The van der Waals surface area contributed by atoms with Crippen LogP contribution in [0.1, 0.15) is 37.8 Å². The Hall–Kier alpha value is -2.82. The van der Waals surface area contributed by atoms with E-state index < -0.39 is 23.6 Å². The van der Waals surface area contributed by atoms with Gasteiger partial charge >= 0.3 is 0 Å². The van der Waals surface area contributed by atoms with E-state index in [9.17, 15) is 19.5 Å². The summed E-state index contributed by atoms with van der Waals surface area (Å²) < 4.78 is 5.18. The molecule has 0 unspecified atom stereocenters. The second kappa shape index (κ2) is 11.5. The molecule has 36 heavy (non-hydrogen) atoms. The third-order valence-corrected chi connectivity index (χ3v) is 7.86. The maximum absolute atomic E-state index is 13.3. The number of likely N-dealkylation sites (N-methyl/N-ethyl adjacent to an activating group) is 1. The van der Waals surface area contributed by atoms with Gasteiger partial charge < -0.3 is 25.0 Å². The Morgan fingerprint density at radius 3 is 2.67 bits per heavy atom. The van der Waals surface area contributed by atoms with Gasteiger partial charge in [0.05, 0.1) is 40.8 Å². The molecule has 0 spiro atoms. The maximum atomic E-state index is 13.3. The molecule has 0 radical (unpaired) electrons. The van der Waals surface area contributed by atoms with Gasteiger partial charge in [0, 0.05) is 26.6 Å². The number of aliphatic hydroxyl groups excluding tert-OH is 1. The Balaban J connectivity index is 1.60. The number of aliphatic hydroxyl groups is 1. The number of rotatable bonds is 9. The van der Waals surface area contributed by atoms with E-state index in [4.69, 9.17) is 4.74 Å². The molecule has 3 rings (SSSR count). The van der Waals surface area contributed by atoms with Crippen LogP contribution in [0.2, 0.25) is 0 Å². The molecule has 0 aliphatic carbocycles. The third kappa shape index (κ3) is 5.93. The lowest BCUT2D eigenvalue weighted by Gasteiger charge is -2.41. The number of nitrogens with one attached hydrogen (secondary N) is 1. The number of likely N-dealkylation sites (tertiary alicyclic amines) is 1. The lowest BCUT2D eigenvalue weighted by molar-refractivity contribution is -0.171. The van der Waals surface area contributed by atoms with Crippen LogP contribution in [0.15, 0.2) is 35.9 Å². The summed E-state index contributed by atoms with van der Waals surface area (Å²) in [6.07, 6.45) is 5.02. The molecule has 1 aromatic heterocycles. The van der Waals surface area contributed by atoms with Gasteiger partial charge in [-0.15, -0.1) is 11.3 Å². The Labute approximate surface area is 216 Å². The molecule has 3 heterocycles. The molecular formula is C26H36N4O5S. The molecular weight excluding hydrogens is 480 g/mol. The van der Waals surface area contributed by atoms with Crippen LogP contribution in [0.25, 0.3) is 5.57 Å². The molecule has 1 aromatic rings. The van der Waals surface area contributed by atoms with Gasteiger partial charge in [0.2, 0.25) is 17.7 Å². The highest BCUT2D eigenvalue weighted by molar-refractivity contribution is 7.11. The molecule has 0 bridgehead atoms. The van der Waals surface area contributed by atoms with Crippen LogP contribution in [-0.2, 0) is 19.1 Å². The third-order valence-electron chi connectivity index (χ3n) is 6.85. The summed E-state index contributed by atoms with van der Waals surface area (Å²) in [6.45, 7) is 12.3. The number of ether oxygens (including phenoxy) is 1. The number of aromatic nitrogens is 1. The number of amides is 3. The molecule has 2 fully saturated rings. The van der Waals surface area contributed by atoms with Gasteiger partial charge in [0.25, 0.3) is 0 Å². The van der Waals surface area contributed by atoms with Gasteiger partial charge in [-0.1, -0.05) is 24.8 Å². The van der Waals surface area contributed by atoms with E-state index in [-0.39, 0.29) is 37.2 Å². The summed E-state index contributed by atoms with van der Waals surface area (Å²) in [5, 5.41) is 13.1. The predicted octanol–water partition coefficient (Wildman–Crippen LogP) is 1.93. The zero-order valence-electron chi connectivity index (χ0n) is 21.6. The number of carbonyl (C=O) groups excluding carboxylic acids is 3. The lowest BCUT2D eigenvalue weighted by Crippen LogP contribution is -2.58. The number of allylic oxidation sites excluding steroid dienone is 3. The molecule has 2 aliphatic rings. The normalized spacial score (nSPS) is 22.3. The van der Waals surface area contributed by atoms with Crippen molar-refractivity contribution in [2.75, 3.05) is 33.4 Å². The smallest absolute Gasteiger partial charge is 0.245 e. The number of β-amino-alcohol motifs (C(OH)–C–C–N with tert-alkyl or cyclic N) is 1. The standard InChI is InChI=1S/C26H36N4O5S/c1-7-19(9-8-16(2)22-17(3)28-15-36-22)11-27-23(32)21-10-20(31)12-30(21)24(33)18(4)29(6)25(34)26(5)13-35-14-26/h7-9,15,18,20-21,31H,2,10-14H2,1,3-6H3,(H,27,32)/b9-8-,19-7+/t18-,20+,21-/m0/s1. The quantitative estimate of drug-likeness (QED) is 0.485. The Bertz CT molecular complexity index is 1070. The van der Waals surface area contributed by atoms with Gasteiger partial charge in [0.1, 0.15) is 12.1 Å². The molecule has 0 saturated carbocycles. The fraction of sp³-hybridized carbons (Fsp3) is 0.538. The van der Waals surface area contributed by atoms with Crippen molar-refractivity contribution in [3.05, 3.63) is 46.5 Å². The summed E-state index contributed by atoms with van der Waals surface area (Å²) in [6, 6.07) is -1.58. The molecule has 2 aliphatic heterocycles. The molecule has 9 nitrogen and oxygen atoms in total. The number of thiazole rings is 1. The van der Waals surface area contributed by atoms with E-state index in [0.717, 1.165) is 21.7 Å². The molecule has 196 valence electrons. The average Bonchev–Trinajstić information content (AvgIpc) is 3.45. The van der Waals surface area contributed by atoms with E-state index in [1.165, 1.54) is 21.1 Å². The SMILES string of the molecule is C=C(/C=C\C(=C/C)CNC(=O)[C@@H]1C[C@@H](O)CN1C(=O)[C@H](C)N(C)C(=O)C1(C)COC1)c1scnc1C. The number of nitrogens with zero attached hydrogens (tertiary/aromatic N) is 3. The van der Waals surface area contributed by atoms with Crippen molar-refractivity contribution in [1.29, 1.82) is 0 Å². The van der Waals surface area contributed by atoms with Crippen molar-refractivity contribution >= 4 is 34.6 Å². The van der Waals surface area contributed by atoms with Crippen molar-refractivity contribution in [3.63, 3.8) is 0 Å². The van der Waals surface area contributed by atoms with Crippen molar-refractivity contribution in [3.8, 4) is 0 Å². The Morgan fingerprint density at radius 2 is 2.11 bits per heavy atom. The van der Waals surface area contributed by atoms with Crippen LogP contribution in [0.5, 0.6) is 0 Å². The summed E-state index contributed by atoms with van der Waals surface area (Å²) in [5.41, 5.74) is 3.78. The molecule has 3 atom stereocenters. The number of carbonyl (C=O) groups is 3. The zero-order chi connectivity index (χ0) is 26.6. The van der Waals surface area contributed by atoms with Crippen LogP contribution in [0.3, 0.4) is 0 Å². The minimum atomic E-state index is -0.807. The average molecular weight is 517 g/mol. The summed E-state index contributed by atoms with van der Waals surface area (Å²) in [7, 11) is 1.59. The van der Waals surface area contributed by atoms with E-state index in [1.54, 1.807) is 19.5 Å². The van der Waals surface area contributed by atoms with Crippen LogP contribution in [0.4, 0.5) is 0 Å².